The molecule has 0 bridgehead atoms. The number of halogens is 1. The van der Waals surface area contributed by atoms with Gasteiger partial charge in [-0.1, -0.05) is 12.1 Å². The van der Waals surface area contributed by atoms with Crippen molar-refractivity contribution in [3.8, 4) is 0 Å². The van der Waals surface area contributed by atoms with Gasteiger partial charge in [0.25, 0.3) is 5.91 Å². The third kappa shape index (κ3) is 3.49. The zero-order chi connectivity index (χ0) is 17.4. The fourth-order valence-electron chi connectivity index (χ4n) is 2.42. The van der Waals surface area contributed by atoms with Crippen LogP contribution in [0.2, 0.25) is 0 Å². The van der Waals surface area contributed by atoms with Crippen molar-refractivity contribution in [3.63, 3.8) is 0 Å². The summed E-state index contributed by atoms with van der Waals surface area (Å²) in [5.41, 5.74) is -1.32. The second kappa shape index (κ2) is 5.64. The molecule has 23 heavy (non-hydrogen) atoms. The van der Waals surface area contributed by atoms with Crippen molar-refractivity contribution in [3.05, 3.63) is 35.6 Å². The Morgan fingerprint density at radius 1 is 1.26 bits per heavy atom. The number of carbonyl (C=O) groups is 3. The maximum absolute atomic E-state index is 13.0. The van der Waals surface area contributed by atoms with Gasteiger partial charge in [0, 0.05) is 5.54 Å². The Bertz CT molecular complexity index is 652. The monoisotopic (exact) mass is 321 g/mol. The van der Waals surface area contributed by atoms with Gasteiger partial charge >= 0.3 is 6.03 Å². The molecule has 7 heteroatoms. The van der Waals surface area contributed by atoms with Gasteiger partial charge in [-0.15, -0.1) is 0 Å². The molecule has 1 heterocycles. The first-order valence-corrected chi connectivity index (χ1v) is 7.24. The quantitative estimate of drug-likeness (QED) is 0.828. The van der Waals surface area contributed by atoms with Crippen LogP contribution in [0.25, 0.3) is 0 Å². The fourth-order valence-corrected chi connectivity index (χ4v) is 2.42. The Morgan fingerprint density at radius 3 is 2.35 bits per heavy atom. The van der Waals surface area contributed by atoms with Gasteiger partial charge in [0.1, 0.15) is 17.9 Å². The Balaban J connectivity index is 2.19. The third-order valence-electron chi connectivity index (χ3n) is 3.51. The second-order valence-electron chi connectivity index (χ2n) is 6.75. The van der Waals surface area contributed by atoms with Crippen molar-refractivity contribution in [1.29, 1.82) is 0 Å². The molecule has 0 aliphatic carbocycles. The SMILES string of the molecule is CC(C)(C)NC(=O)CN1C(=O)N[C@](C)(c2ccc(F)cc2)C1=O. The molecule has 124 valence electrons. The molecule has 1 aromatic rings. The van der Waals surface area contributed by atoms with Gasteiger partial charge in [0.15, 0.2) is 0 Å². The molecule has 2 rings (SSSR count). The van der Waals surface area contributed by atoms with E-state index in [9.17, 15) is 18.8 Å². The molecule has 0 unspecified atom stereocenters. The lowest BCUT2D eigenvalue weighted by atomic mass is 9.92. The molecule has 4 amide bonds. The molecule has 6 nitrogen and oxygen atoms in total. The molecular formula is C16H20FN3O3. The van der Waals surface area contributed by atoms with E-state index in [1.54, 1.807) is 20.8 Å². The molecule has 0 spiro atoms. The van der Waals surface area contributed by atoms with Crippen LogP contribution in [-0.4, -0.2) is 34.8 Å². The Morgan fingerprint density at radius 2 is 1.83 bits per heavy atom. The van der Waals surface area contributed by atoms with Crippen LogP contribution in [0.4, 0.5) is 9.18 Å². The molecule has 1 saturated heterocycles. The van der Waals surface area contributed by atoms with E-state index in [2.05, 4.69) is 10.6 Å². The maximum Gasteiger partial charge on any atom is 0.325 e. The van der Waals surface area contributed by atoms with Gasteiger partial charge < -0.3 is 10.6 Å². The first-order valence-electron chi connectivity index (χ1n) is 7.24. The summed E-state index contributed by atoms with van der Waals surface area (Å²) in [4.78, 5) is 37.5. The van der Waals surface area contributed by atoms with Crippen molar-refractivity contribution < 1.29 is 18.8 Å². The number of rotatable bonds is 3. The highest BCUT2D eigenvalue weighted by atomic mass is 19.1. The smallest absolute Gasteiger partial charge is 0.325 e. The number of carbonyl (C=O) groups excluding carboxylic acids is 3. The van der Waals surface area contributed by atoms with Gasteiger partial charge in [-0.3, -0.25) is 14.5 Å². The summed E-state index contributed by atoms with van der Waals surface area (Å²) in [6.45, 7) is 6.58. The summed E-state index contributed by atoms with van der Waals surface area (Å²) in [6, 6.07) is 4.66. The Kier molecular flexibility index (Phi) is 4.15. The average Bonchev–Trinajstić information content (AvgIpc) is 2.62. The molecule has 1 fully saturated rings. The average molecular weight is 321 g/mol. The number of hydrogen-bond acceptors (Lipinski definition) is 3. The number of nitrogens with one attached hydrogen (secondary N) is 2. The summed E-state index contributed by atoms with van der Waals surface area (Å²) in [6.07, 6.45) is 0. The minimum Gasteiger partial charge on any atom is -0.350 e. The van der Waals surface area contributed by atoms with Crippen LogP contribution in [0.5, 0.6) is 0 Å². The van der Waals surface area contributed by atoms with Crippen molar-refractivity contribution in [2.24, 2.45) is 0 Å². The lowest BCUT2D eigenvalue weighted by Crippen LogP contribution is -2.48. The standard InChI is InChI=1S/C16H20FN3O3/c1-15(2,3)18-12(21)9-20-13(22)16(4,19-14(20)23)10-5-7-11(17)8-6-10/h5-8H,9H2,1-4H3,(H,18,21)(H,19,23)/t16-/m1/s1. The summed E-state index contributed by atoms with van der Waals surface area (Å²) in [5, 5.41) is 5.27. The molecule has 1 atom stereocenters. The minimum atomic E-state index is -1.31. The van der Waals surface area contributed by atoms with E-state index in [1.165, 1.54) is 31.2 Å². The van der Waals surface area contributed by atoms with Gasteiger partial charge in [-0.25, -0.2) is 9.18 Å². The van der Waals surface area contributed by atoms with E-state index >= 15 is 0 Å². The largest absolute Gasteiger partial charge is 0.350 e. The summed E-state index contributed by atoms with van der Waals surface area (Å²) in [5.74, 6) is -1.40. The maximum atomic E-state index is 13.0. The molecule has 0 radical (unpaired) electrons. The van der Waals surface area contributed by atoms with Crippen molar-refractivity contribution >= 4 is 17.8 Å². The van der Waals surface area contributed by atoms with Crippen LogP contribution < -0.4 is 10.6 Å². The zero-order valence-corrected chi connectivity index (χ0v) is 13.6. The first kappa shape index (κ1) is 16.9. The second-order valence-corrected chi connectivity index (χ2v) is 6.75. The predicted molar refractivity (Wildman–Crippen MR) is 81.9 cm³/mol. The molecule has 0 saturated carbocycles. The van der Waals surface area contributed by atoms with E-state index in [4.69, 9.17) is 0 Å². The lowest BCUT2D eigenvalue weighted by molar-refractivity contribution is -0.135. The van der Waals surface area contributed by atoms with Crippen LogP contribution in [-0.2, 0) is 15.1 Å². The molecule has 1 aliphatic rings. The first-order chi connectivity index (χ1) is 10.5. The predicted octanol–water partition coefficient (Wildman–Crippen LogP) is 1.51. The van der Waals surface area contributed by atoms with Crippen LogP contribution in [0.3, 0.4) is 0 Å². The number of benzene rings is 1. The highest BCUT2D eigenvalue weighted by Crippen LogP contribution is 2.28. The number of imide groups is 1. The number of amides is 4. The topological polar surface area (TPSA) is 78.5 Å². The number of nitrogens with zero attached hydrogens (tertiary/aromatic N) is 1. The third-order valence-corrected chi connectivity index (χ3v) is 3.51. The lowest BCUT2D eigenvalue weighted by Gasteiger charge is -2.24. The van der Waals surface area contributed by atoms with Crippen molar-refractivity contribution in [2.75, 3.05) is 6.54 Å². The number of hydrogen-bond donors (Lipinski definition) is 2. The normalized spacial score (nSPS) is 21.3. The summed E-state index contributed by atoms with van der Waals surface area (Å²) < 4.78 is 13.0. The zero-order valence-electron chi connectivity index (χ0n) is 13.6. The number of urea groups is 1. The molecule has 1 aliphatic heterocycles. The highest BCUT2D eigenvalue weighted by molar-refractivity contribution is 6.09. The molecular weight excluding hydrogens is 301 g/mol. The minimum absolute atomic E-state index is 0.362. The van der Waals surface area contributed by atoms with Gasteiger partial charge in [-0.05, 0) is 45.4 Å². The van der Waals surface area contributed by atoms with E-state index < -0.39 is 34.7 Å². The van der Waals surface area contributed by atoms with E-state index in [1.807, 2.05) is 0 Å². The van der Waals surface area contributed by atoms with Crippen LogP contribution in [0.15, 0.2) is 24.3 Å². The van der Waals surface area contributed by atoms with E-state index in [0.29, 0.717) is 5.56 Å². The molecule has 0 aromatic heterocycles. The molecule has 1 aromatic carbocycles. The van der Waals surface area contributed by atoms with Crippen LogP contribution >= 0.6 is 0 Å². The van der Waals surface area contributed by atoms with Crippen LogP contribution in [0, 0.1) is 5.82 Å². The van der Waals surface area contributed by atoms with Crippen LogP contribution in [0.1, 0.15) is 33.3 Å². The summed E-state index contributed by atoms with van der Waals surface area (Å²) >= 11 is 0. The fraction of sp³-hybridized carbons (Fsp3) is 0.438. The van der Waals surface area contributed by atoms with Gasteiger partial charge in [0.2, 0.25) is 5.91 Å². The molecule has 2 N–H and O–H groups in total. The van der Waals surface area contributed by atoms with Crippen molar-refractivity contribution in [2.45, 2.75) is 38.8 Å². The Labute approximate surface area is 134 Å². The van der Waals surface area contributed by atoms with E-state index in [0.717, 1.165) is 4.90 Å². The van der Waals surface area contributed by atoms with Crippen molar-refractivity contribution in [1.82, 2.24) is 15.5 Å². The Hall–Kier alpha value is -2.44. The van der Waals surface area contributed by atoms with E-state index in [-0.39, 0.29) is 6.54 Å². The summed E-state index contributed by atoms with van der Waals surface area (Å²) in [7, 11) is 0. The van der Waals surface area contributed by atoms with Gasteiger partial charge in [-0.2, -0.15) is 0 Å². The van der Waals surface area contributed by atoms with Gasteiger partial charge in [0.05, 0.1) is 0 Å². The highest BCUT2D eigenvalue weighted by Gasteiger charge is 2.49.